The zero-order chi connectivity index (χ0) is 14.7. The molecule has 4 aliphatic rings. The lowest BCUT2D eigenvalue weighted by molar-refractivity contribution is -0.0905. The Kier molecular flexibility index (Phi) is 3.06. The predicted molar refractivity (Wildman–Crippen MR) is 79.5 cm³/mol. The molecule has 0 saturated carbocycles. The fraction of sp³-hybridized carbons (Fsp3) is 0.875. The van der Waals surface area contributed by atoms with Crippen molar-refractivity contribution in [3.8, 4) is 0 Å². The van der Waals surface area contributed by atoms with Crippen molar-refractivity contribution in [2.45, 2.75) is 69.4 Å². The van der Waals surface area contributed by atoms with Crippen LogP contribution in [0, 0.1) is 12.8 Å². The average Bonchev–Trinajstić information content (AvgIpc) is 3.23. The summed E-state index contributed by atoms with van der Waals surface area (Å²) < 4.78 is 13.9. The Bertz CT molecular complexity index is 562. The van der Waals surface area contributed by atoms with Crippen molar-refractivity contribution in [3.05, 3.63) is 11.6 Å². The zero-order valence-electron chi connectivity index (χ0n) is 13.1. The van der Waals surface area contributed by atoms with E-state index in [4.69, 9.17) is 9.47 Å². The Morgan fingerprint density at radius 3 is 2.73 bits per heavy atom. The number of nitrogens with zero attached hydrogens (tertiary/aromatic N) is 3. The highest BCUT2D eigenvalue weighted by Crippen LogP contribution is 2.43. The van der Waals surface area contributed by atoms with Crippen molar-refractivity contribution in [1.29, 1.82) is 0 Å². The summed E-state index contributed by atoms with van der Waals surface area (Å²) >= 11 is 0. The molecule has 4 fully saturated rings. The number of piperidine rings is 1. The maximum absolute atomic E-state index is 5.83. The maximum atomic E-state index is 5.83. The third kappa shape index (κ3) is 1.97. The number of fused-ring (bicyclic) bond motifs is 3. The van der Waals surface area contributed by atoms with Gasteiger partial charge < -0.3 is 19.4 Å². The number of aryl methyl sites for hydroxylation is 1. The van der Waals surface area contributed by atoms with Gasteiger partial charge in [0.2, 0.25) is 0 Å². The normalized spacial score (nSPS) is 43.7. The molecule has 5 rings (SSSR count). The first-order valence-corrected chi connectivity index (χ1v) is 8.70. The van der Waals surface area contributed by atoms with Gasteiger partial charge in [0.15, 0.2) is 6.29 Å². The van der Waals surface area contributed by atoms with E-state index in [0.717, 1.165) is 31.3 Å². The van der Waals surface area contributed by atoms with E-state index in [1.165, 1.54) is 25.7 Å². The molecule has 6 nitrogen and oxygen atoms in total. The first-order valence-electron chi connectivity index (χ1n) is 8.70. The monoisotopic (exact) mass is 304 g/mol. The SMILES string of the molecule is Cc1nnc(C2CO[C@H]3OCCC23)n1C1CC2CCC(C1)N2. The van der Waals surface area contributed by atoms with Gasteiger partial charge in [0, 0.05) is 24.0 Å². The summed E-state index contributed by atoms with van der Waals surface area (Å²) in [6.07, 6.45) is 6.13. The molecule has 4 unspecified atom stereocenters. The van der Waals surface area contributed by atoms with Crippen LogP contribution in [0.3, 0.4) is 0 Å². The van der Waals surface area contributed by atoms with Crippen LogP contribution in [0.1, 0.15) is 55.7 Å². The topological polar surface area (TPSA) is 61.2 Å². The molecule has 0 aliphatic carbocycles. The van der Waals surface area contributed by atoms with Gasteiger partial charge in [-0.15, -0.1) is 10.2 Å². The van der Waals surface area contributed by atoms with Gasteiger partial charge >= 0.3 is 0 Å². The van der Waals surface area contributed by atoms with Crippen molar-refractivity contribution in [3.63, 3.8) is 0 Å². The zero-order valence-corrected chi connectivity index (χ0v) is 13.1. The molecule has 0 spiro atoms. The molecule has 2 bridgehead atoms. The van der Waals surface area contributed by atoms with E-state index in [1.54, 1.807) is 0 Å². The summed E-state index contributed by atoms with van der Waals surface area (Å²) in [5.74, 6) is 3.01. The number of nitrogens with one attached hydrogen (secondary N) is 1. The summed E-state index contributed by atoms with van der Waals surface area (Å²) in [6.45, 7) is 3.64. The first kappa shape index (κ1) is 13.5. The number of hydrogen-bond acceptors (Lipinski definition) is 5. The molecule has 5 heterocycles. The summed E-state index contributed by atoms with van der Waals surface area (Å²) in [6, 6.07) is 1.91. The first-order chi connectivity index (χ1) is 10.8. The molecule has 0 amide bonds. The minimum atomic E-state index is -0.0142. The van der Waals surface area contributed by atoms with Gasteiger partial charge in [-0.05, 0) is 39.0 Å². The molecule has 4 saturated heterocycles. The van der Waals surface area contributed by atoms with E-state index in [0.29, 0.717) is 30.0 Å². The van der Waals surface area contributed by atoms with Crippen LogP contribution < -0.4 is 5.32 Å². The van der Waals surface area contributed by atoms with Gasteiger partial charge in [0.1, 0.15) is 11.6 Å². The Morgan fingerprint density at radius 1 is 1.09 bits per heavy atom. The van der Waals surface area contributed by atoms with Crippen molar-refractivity contribution < 1.29 is 9.47 Å². The van der Waals surface area contributed by atoms with Gasteiger partial charge in [-0.3, -0.25) is 0 Å². The van der Waals surface area contributed by atoms with E-state index in [9.17, 15) is 0 Å². The molecule has 1 N–H and O–H groups in total. The Labute approximate surface area is 130 Å². The van der Waals surface area contributed by atoms with Crippen molar-refractivity contribution >= 4 is 0 Å². The summed E-state index contributed by atoms with van der Waals surface area (Å²) in [4.78, 5) is 0. The lowest BCUT2D eigenvalue weighted by Gasteiger charge is -2.32. The highest BCUT2D eigenvalue weighted by atomic mass is 16.7. The molecule has 5 atom stereocenters. The van der Waals surface area contributed by atoms with Gasteiger partial charge in [-0.25, -0.2) is 0 Å². The van der Waals surface area contributed by atoms with E-state index in [1.807, 2.05) is 0 Å². The van der Waals surface area contributed by atoms with Gasteiger partial charge in [-0.2, -0.15) is 0 Å². The minimum Gasteiger partial charge on any atom is -0.352 e. The van der Waals surface area contributed by atoms with E-state index < -0.39 is 0 Å². The molecule has 0 radical (unpaired) electrons. The van der Waals surface area contributed by atoms with E-state index in [2.05, 4.69) is 27.0 Å². The van der Waals surface area contributed by atoms with Crippen LogP contribution in [0.4, 0.5) is 0 Å². The molecule has 120 valence electrons. The van der Waals surface area contributed by atoms with Crippen LogP contribution >= 0.6 is 0 Å². The minimum absolute atomic E-state index is 0.0142. The largest absolute Gasteiger partial charge is 0.352 e. The summed E-state index contributed by atoms with van der Waals surface area (Å²) in [5.41, 5.74) is 0. The molecular formula is C16H24N4O2. The van der Waals surface area contributed by atoms with Crippen LogP contribution in [0.15, 0.2) is 0 Å². The number of hydrogen-bond donors (Lipinski definition) is 1. The van der Waals surface area contributed by atoms with Gasteiger partial charge in [0.05, 0.1) is 19.1 Å². The maximum Gasteiger partial charge on any atom is 0.161 e. The third-order valence-corrected chi connectivity index (χ3v) is 6.08. The summed E-state index contributed by atoms with van der Waals surface area (Å²) in [5, 5.41) is 12.7. The lowest BCUT2D eigenvalue weighted by atomic mass is 9.91. The number of rotatable bonds is 2. The molecule has 4 aliphatic heterocycles. The predicted octanol–water partition coefficient (Wildman–Crippen LogP) is 1.52. The van der Waals surface area contributed by atoms with Crippen molar-refractivity contribution in [1.82, 2.24) is 20.1 Å². The van der Waals surface area contributed by atoms with E-state index >= 15 is 0 Å². The standard InChI is InChI=1S/C16H24N4O2/c1-9-18-19-15(14-8-22-16-13(14)4-5-21-16)20(9)12-6-10-2-3-11(7-12)17-10/h10-14,16-17H,2-8H2,1H3/t10?,11?,12?,13?,14?,16-/m1/s1. The fourth-order valence-corrected chi connectivity index (χ4v) is 5.06. The van der Waals surface area contributed by atoms with Crippen molar-refractivity contribution in [2.24, 2.45) is 5.92 Å². The van der Waals surface area contributed by atoms with E-state index in [-0.39, 0.29) is 6.29 Å². The van der Waals surface area contributed by atoms with Crippen LogP contribution in [0.5, 0.6) is 0 Å². The second kappa shape index (κ2) is 5.01. The third-order valence-electron chi connectivity index (χ3n) is 6.08. The summed E-state index contributed by atoms with van der Waals surface area (Å²) in [7, 11) is 0. The van der Waals surface area contributed by atoms with Crippen LogP contribution in [0.25, 0.3) is 0 Å². The fourth-order valence-electron chi connectivity index (χ4n) is 5.06. The second-order valence-electron chi connectivity index (χ2n) is 7.37. The molecule has 1 aromatic rings. The number of ether oxygens (including phenoxy) is 2. The highest BCUT2D eigenvalue weighted by molar-refractivity contribution is 5.10. The molecule has 1 aromatic heterocycles. The highest BCUT2D eigenvalue weighted by Gasteiger charge is 2.45. The lowest BCUT2D eigenvalue weighted by Crippen LogP contribution is -2.39. The van der Waals surface area contributed by atoms with Gasteiger partial charge in [-0.1, -0.05) is 0 Å². The van der Waals surface area contributed by atoms with Crippen molar-refractivity contribution in [2.75, 3.05) is 13.2 Å². The average molecular weight is 304 g/mol. The quantitative estimate of drug-likeness (QED) is 0.897. The number of aromatic nitrogens is 3. The van der Waals surface area contributed by atoms with Crippen LogP contribution in [-0.2, 0) is 9.47 Å². The second-order valence-corrected chi connectivity index (χ2v) is 7.37. The molecule has 6 heteroatoms. The smallest absolute Gasteiger partial charge is 0.161 e. The Hall–Kier alpha value is -0.980. The Morgan fingerprint density at radius 2 is 1.91 bits per heavy atom. The Balaban J connectivity index is 1.47. The molecular weight excluding hydrogens is 280 g/mol. The van der Waals surface area contributed by atoms with Gasteiger partial charge in [0.25, 0.3) is 0 Å². The molecule has 0 aromatic carbocycles. The van der Waals surface area contributed by atoms with Crippen LogP contribution in [-0.4, -0.2) is 46.4 Å². The molecule has 22 heavy (non-hydrogen) atoms. The van der Waals surface area contributed by atoms with Crippen LogP contribution in [0.2, 0.25) is 0 Å².